The van der Waals surface area contributed by atoms with Crippen LogP contribution >= 0.6 is 38.5 Å². The van der Waals surface area contributed by atoms with Crippen LogP contribution in [0.1, 0.15) is 56.1 Å². The van der Waals surface area contributed by atoms with Crippen LogP contribution in [-0.4, -0.2) is 15.8 Å². The van der Waals surface area contributed by atoms with Gasteiger partial charge in [0, 0.05) is 5.41 Å². The van der Waals surface area contributed by atoms with Gasteiger partial charge in [-0.2, -0.15) is 0 Å². The number of aryl methyl sites for hydroxylation is 1. The Labute approximate surface area is 166 Å². The van der Waals surface area contributed by atoms with Gasteiger partial charge in [0.2, 0.25) is 0 Å². The second-order valence-electron chi connectivity index (χ2n) is 8.13. The zero-order chi connectivity index (χ0) is 17.1. The molecule has 1 aromatic carbocycles. The molecule has 0 aliphatic heterocycles. The summed E-state index contributed by atoms with van der Waals surface area (Å²) in [5, 5.41) is 21.3. The van der Waals surface area contributed by atoms with Crippen LogP contribution in [0.2, 0.25) is 0 Å². The Balaban J connectivity index is 1.72. The third-order valence-corrected chi connectivity index (χ3v) is 8.34. The minimum absolute atomic E-state index is 0.00148. The first-order chi connectivity index (χ1) is 11.4. The first kappa shape index (κ1) is 17.3. The number of rotatable bonds is 1. The fourth-order valence-corrected chi connectivity index (χ4v) is 6.97. The first-order valence-electron chi connectivity index (χ1n) is 8.91. The Bertz CT molecular complexity index is 703. The Hall–Kier alpha value is -0.0700. The Morgan fingerprint density at radius 3 is 2.79 bits per heavy atom. The third-order valence-electron chi connectivity index (χ3n) is 7.35. The highest BCUT2D eigenvalue weighted by molar-refractivity contribution is 14.1. The molecule has 2 nitrogen and oxygen atoms in total. The summed E-state index contributed by atoms with van der Waals surface area (Å²) < 4.78 is 2.80. The molecule has 2 fully saturated rings. The molecule has 0 aromatic heterocycles. The molecule has 3 aliphatic carbocycles. The lowest BCUT2D eigenvalue weighted by molar-refractivity contribution is -0.0708. The smallest absolute Gasteiger partial charge is 0.130 e. The second-order valence-corrected chi connectivity index (χ2v) is 9.70. The maximum absolute atomic E-state index is 11.3. The molecule has 24 heavy (non-hydrogen) atoms. The van der Waals surface area contributed by atoms with Gasteiger partial charge in [-0.1, -0.05) is 29.5 Å². The van der Waals surface area contributed by atoms with Crippen molar-refractivity contribution < 1.29 is 10.2 Å². The van der Waals surface area contributed by atoms with Crippen LogP contribution < -0.4 is 0 Å². The summed E-state index contributed by atoms with van der Waals surface area (Å²) in [4.78, 5) is 0. The molecule has 3 aliphatic rings. The van der Waals surface area contributed by atoms with Crippen molar-refractivity contribution in [1.29, 1.82) is 0 Å². The summed E-state index contributed by atoms with van der Waals surface area (Å²) in [7, 11) is 0. The van der Waals surface area contributed by atoms with E-state index in [-0.39, 0.29) is 5.41 Å². The van der Waals surface area contributed by atoms with Crippen LogP contribution in [0.4, 0.5) is 0 Å². The molecular formula is C20H24BrIO2. The van der Waals surface area contributed by atoms with Gasteiger partial charge in [-0.25, -0.2) is 0 Å². The predicted octanol–water partition coefficient (Wildman–Crippen LogP) is 5.69. The zero-order valence-electron chi connectivity index (χ0n) is 13.9. The number of benzene rings is 1. The van der Waals surface area contributed by atoms with Crippen LogP contribution in [0.3, 0.4) is 0 Å². The number of fused-ring (bicyclic) bond motifs is 5. The van der Waals surface area contributed by atoms with Gasteiger partial charge in [0.1, 0.15) is 5.75 Å². The number of hydrogen-bond acceptors (Lipinski definition) is 2. The van der Waals surface area contributed by atoms with Crippen molar-refractivity contribution in [3.05, 3.63) is 37.9 Å². The standard InChI is InChI=1S/C20H24BrIO2/c1-19-6-4-13-14(16(19)5-7-20(19,24)8-9-22)3-2-12-10-18(23)17(21)11-15(12)13/h8-11,13-14,16,23-24H,2-7H2,1H3/b9-8+/t13-,14+,16-,19-,20-/m0/s1. The van der Waals surface area contributed by atoms with Crippen LogP contribution in [0, 0.1) is 17.3 Å². The quantitative estimate of drug-likeness (QED) is 0.484. The highest BCUT2D eigenvalue weighted by Gasteiger charge is 2.60. The van der Waals surface area contributed by atoms with Crippen LogP contribution in [0.25, 0.3) is 0 Å². The van der Waals surface area contributed by atoms with E-state index in [0.717, 1.165) is 36.6 Å². The molecule has 0 unspecified atom stereocenters. The molecule has 2 saturated carbocycles. The molecule has 0 radical (unpaired) electrons. The van der Waals surface area contributed by atoms with E-state index in [1.807, 2.05) is 16.2 Å². The van der Waals surface area contributed by atoms with Crippen LogP contribution in [-0.2, 0) is 6.42 Å². The fraction of sp³-hybridized carbons (Fsp3) is 0.600. The number of aromatic hydroxyl groups is 1. The average Bonchev–Trinajstić information content (AvgIpc) is 2.81. The summed E-state index contributed by atoms with van der Waals surface area (Å²) >= 11 is 5.73. The minimum atomic E-state index is -0.639. The largest absolute Gasteiger partial charge is 0.507 e. The summed E-state index contributed by atoms with van der Waals surface area (Å²) in [5.41, 5.74) is 2.11. The molecule has 5 atom stereocenters. The molecule has 4 rings (SSSR count). The lowest BCUT2D eigenvalue weighted by atomic mass is 9.53. The van der Waals surface area contributed by atoms with Gasteiger partial charge in [-0.15, -0.1) is 0 Å². The highest BCUT2D eigenvalue weighted by atomic mass is 127. The van der Waals surface area contributed by atoms with E-state index in [0.29, 0.717) is 23.5 Å². The van der Waals surface area contributed by atoms with Crippen molar-refractivity contribution in [3.8, 4) is 5.75 Å². The molecule has 130 valence electrons. The molecule has 0 bridgehead atoms. The normalized spacial score (nSPS) is 41.1. The summed E-state index contributed by atoms with van der Waals surface area (Å²) in [5.74, 6) is 2.18. The molecule has 1 aromatic rings. The van der Waals surface area contributed by atoms with E-state index in [2.05, 4.69) is 51.5 Å². The summed E-state index contributed by atoms with van der Waals surface area (Å²) in [6.07, 6.45) is 8.51. The van der Waals surface area contributed by atoms with E-state index in [1.165, 1.54) is 17.5 Å². The number of hydrogen-bond donors (Lipinski definition) is 2. The van der Waals surface area contributed by atoms with Crippen molar-refractivity contribution in [2.75, 3.05) is 0 Å². The number of phenols is 1. The van der Waals surface area contributed by atoms with Crippen LogP contribution in [0.15, 0.2) is 26.8 Å². The number of phenolic OH excluding ortho intramolecular Hbond substituents is 1. The lowest BCUT2D eigenvalue weighted by Crippen LogP contribution is -2.49. The third kappa shape index (κ3) is 2.35. The summed E-state index contributed by atoms with van der Waals surface area (Å²) in [6, 6.07) is 4.10. The van der Waals surface area contributed by atoms with Crippen molar-refractivity contribution in [2.45, 2.75) is 57.0 Å². The van der Waals surface area contributed by atoms with Gasteiger partial charge in [-0.05, 0) is 106 Å². The van der Waals surface area contributed by atoms with E-state index in [1.54, 1.807) is 0 Å². The number of halogens is 2. The van der Waals surface area contributed by atoms with E-state index < -0.39 is 5.60 Å². The maximum Gasteiger partial charge on any atom is 0.130 e. The number of aliphatic hydroxyl groups is 1. The SMILES string of the molecule is C[C@]12CC[C@@H]3c4cc(Br)c(O)cc4CC[C@H]3[C@@H]1CC[C@]2(O)/C=C/I. The van der Waals surface area contributed by atoms with Crippen molar-refractivity contribution in [3.63, 3.8) is 0 Å². The Kier molecular flexibility index (Phi) is 4.33. The van der Waals surface area contributed by atoms with Gasteiger partial charge in [0.05, 0.1) is 10.1 Å². The average molecular weight is 503 g/mol. The maximum atomic E-state index is 11.3. The van der Waals surface area contributed by atoms with Crippen molar-refractivity contribution in [1.82, 2.24) is 0 Å². The lowest BCUT2D eigenvalue weighted by Gasteiger charge is -2.52. The monoisotopic (exact) mass is 502 g/mol. The Morgan fingerprint density at radius 2 is 2.04 bits per heavy atom. The van der Waals surface area contributed by atoms with E-state index in [9.17, 15) is 10.2 Å². The van der Waals surface area contributed by atoms with Crippen molar-refractivity contribution in [2.24, 2.45) is 17.3 Å². The van der Waals surface area contributed by atoms with Crippen LogP contribution in [0.5, 0.6) is 5.75 Å². The topological polar surface area (TPSA) is 40.5 Å². The highest BCUT2D eigenvalue weighted by Crippen LogP contribution is 2.64. The molecule has 4 heteroatoms. The molecule has 2 N–H and O–H groups in total. The summed E-state index contributed by atoms with van der Waals surface area (Å²) in [6.45, 7) is 2.32. The van der Waals surface area contributed by atoms with E-state index >= 15 is 0 Å². The molecular weight excluding hydrogens is 479 g/mol. The van der Waals surface area contributed by atoms with Gasteiger partial charge in [0.15, 0.2) is 0 Å². The molecule has 0 amide bonds. The Morgan fingerprint density at radius 1 is 1.25 bits per heavy atom. The van der Waals surface area contributed by atoms with Gasteiger partial charge < -0.3 is 10.2 Å². The van der Waals surface area contributed by atoms with E-state index in [4.69, 9.17) is 0 Å². The van der Waals surface area contributed by atoms with Gasteiger partial charge >= 0.3 is 0 Å². The zero-order valence-corrected chi connectivity index (χ0v) is 17.7. The van der Waals surface area contributed by atoms with Gasteiger partial charge in [-0.3, -0.25) is 0 Å². The predicted molar refractivity (Wildman–Crippen MR) is 109 cm³/mol. The first-order valence-corrected chi connectivity index (χ1v) is 10.9. The molecule has 0 saturated heterocycles. The van der Waals surface area contributed by atoms with Crippen molar-refractivity contribution >= 4 is 38.5 Å². The van der Waals surface area contributed by atoms with Gasteiger partial charge in [0.25, 0.3) is 0 Å². The molecule has 0 heterocycles. The fourth-order valence-electron chi connectivity index (χ4n) is 6.01. The second kappa shape index (κ2) is 5.98. The minimum Gasteiger partial charge on any atom is -0.507 e. The molecule has 0 spiro atoms.